The molecular weight excluding hydrogens is 283 g/mol. The van der Waals surface area contributed by atoms with E-state index in [1.54, 1.807) is 12.1 Å². The SMILES string of the molecule is CCC(CC)(CN)C(=O)Nc1cc(Cl)c(C)cc1Cl. The zero-order chi connectivity index (χ0) is 14.6. The number of amides is 1. The van der Waals surface area contributed by atoms with E-state index < -0.39 is 5.41 Å². The molecule has 0 saturated carbocycles. The Morgan fingerprint density at radius 1 is 1.26 bits per heavy atom. The molecule has 0 atom stereocenters. The van der Waals surface area contributed by atoms with Gasteiger partial charge in [-0.25, -0.2) is 0 Å². The minimum absolute atomic E-state index is 0.109. The second-order valence-electron chi connectivity index (χ2n) is 4.73. The molecule has 3 nitrogen and oxygen atoms in total. The number of carbonyl (C=O) groups excluding carboxylic acids is 1. The first-order chi connectivity index (χ1) is 8.90. The first-order valence-corrected chi connectivity index (χ1v) is 7.13. The van der Waals surface area contributed by atoms with Crippen molar-refractivity contribution in [2.75, 3.05) is 11.9 Å². The number of aryl methyl sites for hydroxylation is 1. The molecule has 0 radical (unpaired) electrons. The molecule has 106 valence electrons. The van der Waals surface area contributed by atoms with E-state index in [-0.39, 0.29) is 5.91 Å². The normalized spacial score (nSPS) is 11.5. The number of carbonyl (C=O) groups is 1. The number of benzene rings is 1. The van der Waals surface area contributed by atoms with Gasteiger partial charge < -0.3 is 11.1 Å². The third kappa shape index (κ3) is 3.41. The Hall–Kier alpha value is -0.770. The smallest absolute Gasteiger partial charge is 0.231 e. The fraction of sp³-hybridized carbons (Fsp3) is 0.500. The summed E-state index contributed by atoms with van der Waals surface area (Å²) in [6, 6.07) is 3.41. The van der Waals surface area contributed by atoms with Gasteiger partial charge in [0, 0.05) is 11.6 Å². The van der Waals surface area contributed by atoms with Crippen molar-refractivity contribution >= 4 is 34.8 Å². The molecule has 1 rings (SSSR count). The zero-order valence-corrected chi connectivity index (χ0v) is 13.0. The molecule has 0 aliphatic rings. The number of hydrogen-bond donors (Lipinski definition) is 2. The van der Waals surface area contributed by atoms with Gasteiger partial charge in [-0.2, -0.15) is 0 Å². The summed E-state index contributed by atoms with van der Waals surface area (Å²) >= 11 is 12.2. The molecule has 5 heteroatoms. The van der Waals surface area contributed by atoms with Crippen molar-refractivity contribution in [3.8, 4) is 0 Å². The Bertz CT molecular complexity index is 462. The third-order valence-corrected chi connectivity index (χ3v) is 4.44. The molecule has 0 saturated heterocycles. The first kappa shape index (κ1) is 16.3. The number of halogens is 2. The van der Waals surface area contributed by atoms with Crippen LogP contribution in [0.25, 0.3) is 0 Å². The monoisotopic (exact) mass is 302 g/mol. The van der Waals surface area contributed by atoms with Gasteiger partial charge in [-0.3, -0.25) is 4.79 Å². The molecule has 0 aliphatic heterocycles. The maximum Gasteiger partial charge on any atom is 0.231 e. The largest absolute Gasteiger partial charge is 0.329 e. The van der Waals surface area contributed by atoms with Gasteiger partial charge in [0.15, 0.2) is 0 Å². The minimum atomic E-state index is -0.555. The van der Waals surface area contributed by atoms with E-state index in [0.29, 0.717) is 35.1 Å². The Balaban J connectivity index is 3.02. The van der Waals surface area contributed by atoms with E-state index in [9.17, 15) is 4.79 Å². The van der Waals surface area contributed by atoms with E-state index in [1.807, 2.05) is 20.8 Å². The number of anilines is 1. The number of nitrogens with two attached hydrogens (primary N) is 1. The quantitative estimate of drug-likeness (QED) is 0.863. The highest BCUT2D eigenvalue weighted by Gasteiger charge is 2.33. The molecule has 0 fully saturated rings. The van der Waals surface area contributed by atoms with Crippen molar-refractivity contribution in [3.63, 3.8) is 0 Å². The van der Waals surface area contributed by atoms with E-state index in [0.717, 1.165) is 5.56 Å². The van der Waals surface area contributed by atoms with Crippen molar-refractivity contribution in [3.05, 3.63) is 27.7 Å². The Morgan fingerprint density at radius 3 is 2.32 bits per heavy atom. The summed E-state index contributed by atoms with van der Waals surface area (Å²) in [7, 11) is 0. The van der Waals surface area contributed by atoms with Crippen LogP contribution >= 0.6 is 23.2 Å². The lowest BCUT2D eigenvalue weighted by molar-refractivity contribution is -0.125. The molecule has 0 unspecified atom stereocenters. The molecule has 19 heavy (non-hydrogen) atoms. The average molecular weight is 303 g/mol. The summed E-state index contributed by atoms with van der Waals surface area (Å²) < 4.78 is 0. The van der Waals surface area contributed by atoms with Crippen LogP contribution in [0.2, 0.25) is 10.0 Å². The highest BCUT2D eigenvalue weighted by molar-refractivity contribution is 6.36. The number of nitrogens with one attached hydrogen (secondary N) is 1. The predicted molar refractivity (Wildman–Crippen MR) is 81.9 cm³/mol. The van der Waals surface area contributed by atoms with Crippen molar-refractivity contribution in [1.82, 2.24) is 0 Å². The van der Waals surface area contributed by atoms with E-state index in [4.69, 9.17) is 28.9 Å². The topological polar surface area (TPSA) is 55.1 Å². The highest BCUT2D eigenvalue weighted by atomic mass is 35.5. The first-order valence-electron chi connectivity index (χ1n) is 6.37. The van der Waals surface area contributed by atoms with Crippen LogP contribution in [0.3, 0.4) is 0 Å². The van der Waals surface area contributed by atoms with Crippen molar-refractivity contribution < 1.29 is 4.79 Å². The summed E-state index contributed by atoms with van der Waals surface area (Å²) in [6.45, 7) is 6.09. The van der Waals surface area contributed by atoms with Gasteiger partial charge in [0.05, 0.1) is 16.1 Å². The number of rotatable bonds is 5. The fourth-order valence-corrected chi connectivity index (χ4v) is 2.38. The minimum Gasteiger partial charge on any atom is -0.329 e. The standard InChI is InChI=1S/C14H20Cl2N2O/c1-4-14(5-2,8-17)13(19)18-12-7-10(15)9(3)6-11(12)16/h6-7H,4-5,8,17H2,1-3H3,(H,18,19). The van der Waals surface area contributed by atoms with Crippen LogP contribution in [0.15, 0.2) is 12.1 Å². The van der Waals surface area contributed by atoms with E-state index in [2.05, 4.69) is 5.32 Å². The van der Waals surface area contributed by atoms with Crippen LogP contribution in [0.1, 0.15) is 32.3 Å². The molecule has 0 heterocycles. The molecule has 0 aliphatic carbocycles. The van der Waals surface area contributed by atoms with Crippen LogP contribution in [0.4, 0.5) is 5.69 Å². The zero-order valence-electron chi connectivity index (χ0n) is 11.5. The van der Waals surface area contributed by atoms with Crippen LogP contribution in [-0.4, -0.2) is 12.5 Å². The fourth-order valence-electron chi connectivity index (χ4n) is 1.95. The summed E-state index contributed by atoms with van der Waals surface area (Å²) in [5.74, 6) is -0.109. The Labute approximate surface area is 124 Å². The van der Waals surface area contributed by atoms with Gasteiger partial charge in [0.25, 0.3) is 0 Å². The third-order valence-electron chi connectivity index (χ3n) is 3.72. The maximum absolute atomic E-state index is 12.4. The summed E-state index contributed by atoms with van der Waals surface area (Å²) in [5.41, 5.74) is 6.61. The van der Waals surface area contributed by atoms with Crippen LogP contribution in [0.5, 0.6) is 0 Å². The van der Waals surface area contributed by atoms with Gasteiger partial charge in [-0.1, -0.05) is 37.0 Å². The van der Waals surface area contributed by atoms with E-state index in [1.165, 1.54) is 0 Å². The van der Waals surface area contributed by atoms with Crippen LogP contribution in [0, 0.1) is 12.3 Å². The lowest BCUT2D eigenvalue weighted by atomic mass is 9.81. The molecule has 0 bridgehead atoms. The molecule has 1 aromatic carbocycles. The van der Waals surface area contributed by atoms with Gasteiger partial charge in [0.2, 0.25) is 5.91 Å². The van der Waals surface area contributed by atoms with Crippen molar-refractivity contribution in [2.45, 2.75) is 33.6 Å². The summed E-state index contributed by atoms with van der Waals surface area (Å²) in [6.07, 6.45) is 1.37. The predicted octanol–water partition coefficient (Wildman–Crippen LogP) is 4.01. The van der Waals surface area contributed by atoms with E-state index >= 15 is 0 Å². The lowest BCUT2D eigenvalue weighted by Gasteiger charge is -2.28. The summed E-state index contributed by atoms with van der Waals surface area (Å²) in [4.78, 5) is 12.4. The Morgan fingerprint density at radius 2 is 1.84 bits per heavy atom. The van der Waals surface area contributed by atoms with Crippen LogP contribution in [-0.2, 0) is 4.79 Å². The van der Waals surface area contributed by atoms with Crippen LogP contribution < -0.4 is 11.1 Å². The lowest BCUT2D eigenvalue weighted by Crippen LogP contribution is -2.41. The van der Waals surface area contributed by atoms with Gasteiger partial charge in [-0.05, 0) is 37.5 Å². The second kappa shape index (κ2) is 6.60. The molecular formula is C14H20Cl2N2O. The average Bonchev–Trinajstić information content (AvgIpc) is 2.38. The highest BCUT2D eigenvalue weighted by Crippen LogP contribution is 2.32. The van der Waals surface area contributed by atoms with Gasteiger partial charge in [0.1, 0.15) is 0 Å². The molecule has 1 amide bonds. The van der Waals surface area contributed by atoms with Crippen molar-refractivity contribution in [1.29, 1.82) is 0 Å². The molecule has 1 aromatic rings. The second-order valence-corrected chi connectivity index (χ2v) is 5.54. The molecule has 0 spiro atoms. The summed E-state index contributed by atoms with van der Waals surface area (Å²) in [5, 5.41) is 3.89. The van der Waals surface area contributed by atoms with Gasteiger partial charge in [-0.15, -0.1) is 0 Å². The Kier molecular flexibility index (Phi) is 5.65. The molecule has 3 N–H and O–H groups in total. The van der Waals surface area contributed by atoms with Crippen molar-refractivity contribution in [2.24, 2.45) is 11.1 Å². The number of hydrogen-bond acceptors (Lipinski definition) is 2. The molecule has 0 aromatic heterocycles. The van der Waals surface area contributed by atoms with Gasteiger partial charge >= 0.3 is 0 Å². The maximum atomic E-state index is 12.4.